The van der Waals surface area contributed by atoms with Crippen LogP contribution in [0.3, 0.4) is 0 Å². The molecular formula is C18H24N4O3S. The number of aryl methyl sites for hydroxylation is 2. The summed E-state index contributed by atoms with van der Waals surface area (Å²) in [6.45, 7) is 9.13. The van der Waals surface area contributed by atoms with Crippen LogP contribution >= 0.6 is 11.3 Å². The lowest BCUT2D eigenvalue weighted by Gasteiger charge is -2.25. The number of nitrogens with zero attached hydrogens (tertiary/aromatic N) is 3. The molecule has 26 heavy (non-hydrogen) atoms. The summed E-state index contributed by atoms with van der Waals surface area (Å²) in [5, 5.41) is 3.83. The molecule has 7 nitrogen and oxygen atoms in total. The fraction of sp³-hybridized carbons (Fsp3) is 0.500. The molecular weight excluding hydrogens is 352 g/mol. The Balaban J connectivity index is 1.70. The number of amides is 1. The third kappa shape index (κ3) is 3.81. The lowest BCUT2D eigenvalue weighted by Crippen LogP contribution is -2.36. The first-order valence-corrected chi connectivity index (χ1v) is 9.40. The minimum absolute atomic E-state index is 0.125. The number of aromatic nitrogens is 2. The van der Waals surface area contributed by atoms with Crippen molar-refractivity contribution in [3.05, 3.63) is 33.6 Å². The number of anilines is 1. The number of hydrogen-bond donors (Lipinski definition) is 1. The summed E-state index contributed by atoms with van der Waals surface area (Å²) in [4.78, 5) is 24.4. The highest BCUT2D eigenvalue weighted by Gasteiger charge is 2.21. The molecule has 0 aliphatic carbocycles. The average Bonchev–Trinajstić information content (AvgIpc) is 3.04. The molecule has 1 amide bonds. The molecule has 2 aromatic rings. The van der Waals surface area contributed by atoms with E-state index in [1.165, 1.54) is 11.3 Å². The Labute approximate surface area is 157 Å². The molecule has 3 heterocycles. The third-order valence-corrected chi connectivity index (χ3v) is 5.66. The van der Waals surface area contributed by atoms with E-state index in [0.29, 0.717) is 24.6 Å². The lowest BCUT2D eigenvalue weighted by atomic mass is 10.1. The SMILES string of the molecule is COc1c(C)cnc(CNC(=O)c2sc(N3CCOCC3)nc2C)c1C. The van der Waals surface area contributed by atoms with Gasteiger partial charge in [0.2, 0.25) is 0 Å². The van der Waals surface area contributed by atoms with Crippen molar-refractivity contribution in [3.8, 4) is 5.75 Å². The van der Waals surface area contributed by atoms with Crippen LogP contribution in [-0.2, 0) is 11.3 Å². The van der Waals surface area contributed by atoms with Crippen LogP contribution in [0.5, 0.6) is 5.75 Å². The number of carbonyl (C=O) groups excluding carboxylic acids is 1. The van der Waals surface area contributed by atoms with E-state index in [-0.39, 0.29) is 5.91 Å². The molecule has 0 saturated carbocycles. The molecule has 0 radical (unpaired) electrons. The predicted octanol–water partition coefficient (Wildman–Crippen LogP) is 2.24. The number of morpholine rings is 1. The molecule has 1 N–H and O–H groups in total. The van der Waals surface area contributed by atoms with Gasteiger partial charge in [0.15, 0.2) is 5.13 Å². The molecule has 1 fully saturated rings. The first-order chi connectivity index (χ1) is 12.5. The molecule has 1 aliphatic rings. The minimum atomic E-state index is -0.125. The third-order valence-electron chi connectivity index (χ3n) is 4.44. The second-order valence-electron chi connectivity index (χ2n) is 6.24. The fourth-order valence-electron chi connectivity index (χ4n) is 2.98. The summed E-state index contributed by atoms with van der Waals surface area (Å²) in [5.74, 6) is 0.688. The molecule has 3 rings (SSSR count). The van der Waals surface area contributed by atoms with Crippen LogP contribution < -0.4 is 15.0 Å². The summed E-state index contributed by atoms with van der Waals surface area (Å²) in [6, 6.07) is 0. The van der Waals surface area contributed by atoms with Gasteiger partial charge >= 0.3 is 0 Å². The van der Waals surface area contributed by atoms with Crippen molar-refractivity contribution >= 4 is 22.4 Å². The molecule has 140 valence electrons. The number of nitrogens with one attached hydrogen (secondary N) is 1. The number of hydrogen-bond acceptors (Lipinski definition) is 7. The zero-order valence-electron chi connectivity index (χ0n) is 15.6. The van der Waals surface area contributed by atoms with E-state index in [4.69, 9.17) is 9.47 Å². The Hall–Kier alpha value is -2.19. The highest BCUT2D eigenvalue weighted by molar-refractivity contribution is 7.17. The molecule has 1 saturated heterocycles. The first-order valence-electron chi connectivity index (χ1n) is 8.58. The number of thiazole rings is 1. The van der Waals surface area contributed by atoms with Gasteiger partial charge < -0.3 is 19.7 Å². The van der Waals surface area contributed by atoms with Crippen molar-refractivity contribution in [2.75, 3.05) is 38.3 Å². The average molecular weight is 376 g/mol. The zero-order chi connectivity index (χ0) is 18.7. The Morgan fingerprint density at radius 1 is 1.35 bits per heavy atom. The molecule has 0 spiro atoms. The number of carbonyl (C=O) groups is 1. The maximum Gasteiger partial charge on any atom is 0.263 e. The van der Waals surface area contributed by atoms with Crippen molar-refractivity contribution in [1.29, 1.82) is 0 Å². The van der Waals surface area contributed by atoms with Crippen LogP contribution in [0.4, 0.5) is 5.13 Å². The number of methoxy groups -OCH3 is 1. The largest absolute Gasteiger partial charge is 0.496 e. The first kappa shape index (κ1) is 18.6. The minimum Gasteiger partial charge on any atom is -0.496 e. The summed E-state index contributed by atoms with van der Waals surface area (Å²) in [5.41, 5.74) is 3.48. The molecule has 0 atom stereocenters. The lowest BCUT2D eigenvalue weighted by molar-refractivity contribution is 0.0953. The van der Waals surface area contributed by atoms with E-state index in [1.54, 1.807) is 13.3 Å². The van der Waals surface area contributed by atoms with E-state index in [9.17, 15) is 4.79 Å². The molecule has 0 unspecified atom stereocenters. The van der Waals surface area contributed by atoms with E-state index in [0.717, 1.165) is 46.5 Å². The van der Waals surface area contributed by atoms with Crippen LogP contribution in [0.15, 0.2) is 6.20 Å². The van der Waals surface area contributed by atoms with Gasteiger partial charge in [0.25, 0.3) is 5.91 Å². The predicted molar refractivity (Wildman–Crippen MR) is 101 cm³/mol. The highest BCUT2D eigenvalue weighted by Crippen LogP contribution is 2.27. The van der Waals surface area contributed by atoms with Gasteiger partial charge in [0.1, 0.15) is 10.6 Å². The van der Waals surface area contributed by atoms with Gasteiger partial charge in [-0.25, -0.2) is 4.98 Å². The fourth-order valence-corrected chi connectivity index (χ4v) is 4.01. The van der Waals surface area contributed by atoms with Crippen LogP contribution in [0.2, 0.25) is 0 Å². The standard InChI is InChI=1S/C18H24N4O3S/c1-11-9-19-14(12(2)15(11)24-4)10-20-17(23)16-13(3)21-18(26-16)22-5-7-25-8-6-22/h9H,5-8,10H2,1-4H3,(H,20,23). The van der Waals surface area contributed by atoms with E-state index in [2.05, 4.69) is 20.2 Å². The number of ether oxygens (including phenoxy) is 2. The summed E-state index contributed by atoms with van der Waals surface area (Å²) in [6.07, 6.45) is 1.77. The summed E-state index contributed by atoms with van der Waals surface area (Å²) >= 11 is 1.43. The van der Waals surface area contributed by atoms with Crippen molar-refractivity contribution < 1.29 is 14.3 Å². The van der Waals surface area contributed by atoms with Crippen LogP contribution in [0, 0.1) is 20.8 Å². The highest BCUT2D eigenvalue weighted by atomic mass is 32.1. The van der Waals surface area contributed by atoms with Crippen LogP contribution in [-0.4, -0.2) is 49.3 Å². The molecule has 1 aliphatic heterocycles. The van der Waals surface area contributed by atoms with Gasteiger partial charge in [-0.15, -0.1) is 0 Å². The van der Waals surface area contributed by atoms with E-state index in [1.807, 2.05) is 20.8 Å². The maximum absolute atomic E-state index is 12.6. The topological polar surface area (TPSA) is 76.6 Å². The van der Waals surface area contributed by atoms with Gasteiger partial charge in [0, 0.05) is 30.4 Å². The van der Waals surface area contributed by atoms with E-state index < -0.39 is 0 Å². The number of rotatable bonds is 5. The normalized spacial score (nSPS) is 14.4. The second-order valence-corrected chi connectivity index (χ2v) is 7.22. The smallest absolute Gasteiger partial charge is 0.263 e. The van der Waals surface area contributed by atoms with Crippen LogP contribution in [0.1, 0.15) is 32.2 Å². The zero-order valence-corrected chi connectivity index (χ0v) is 16.4. The van der Waals surface area contributed by atoms with Crippen molar-refractivity contribution in [2.45, 2.75) is 27.3 Å². The Morgan fingerprint density at radius 3 is 2.77 bits per heavy atom. The van der Waals surface area contributed by atoms with Gasteiger partial charge in [-0.2, -0.15) is 0 Å². The second kappa shape index (κ2) is 8.01. The van der Waals surface area contributed by atoms with Gasteiger partial charge in [0.05, 0.1) is 38.3 Å². The molecule has 0 aromatic carbocycles. The molecule has 0 bridgehead atoms. The van der Waals surface area contributed by atoms with Crippen molar-refractivity contribution in [3.63, 3.8) is 0 Å². The molecule has 8 heteroatoms. The Kier molecular flexibility index (Phi) is 5.73. The van der Waals surface area contributed by atoms with Crippen molar-refractivity contribution in [2.24, 2.45) is 0 Å². The summed E-state index contributed by atoms with van der Waals surface area (Å²) in [7, 11) is 1.64. The maximum atomic E-state index is 12.6. The quantitative estimate of drug-likeness (QED) is 0.862. The monoisotopic (exact) mass is 376 g/mol. The van der Waals surface area contributed by atoms with Gasteiger partial charge in [-0.1, -0.05) is 11.3 Å². The summed E-state index contributed by atoms with van der Waals surface area (Å²) < 4.78 is 10.8. The van der Waals surface area contributed by atoms with E-state index >= 15 is 0 Å². The van der Waals surface area contributed by atoms with Crippen molar-refractivity contribution in [1.82, 2.24) is 15.3 Å². The Morgan fingerprint density at radius 2 is 2.08 bits per heavy atom. The molecule has 2 aromatic heterocycles. The van der Waals surface area contributed by atoms with Gasteiger partial charge in [-0.05, 0) is 20.8 Å². The Bertz CT molecular complexity index is 800. The van der Waals surface area contributed by atoms with Crippen LogP contribution in [0.25, 0.3) is 0 Å². The number of pyridine rings is 1. The van der Waals surface area contributed by atoms with Gasteiger partial charge in [-0.3, -0.25) is 9.78 Å².